The number of benzene rings is 1. The third kappa shape index (κ3) is 3.59. The quantitative estimate of drug-likeness (QED) is 0.752. The maximum atomic E-state index is 12.4. The third-order valence-electron chi connectivity index (χ3n) is 3.08. The fraction of sp³-hybridized carbons (Fsp3) is 0.0667. The molecule has 0 fully saturated rings. The molecule has 1 aromatic carbocycles. The van der Waals surface area contributed by atoms with Crippen molar-refractivity contribution < 1.29 is 8.42 Å². The van der Waals surface area contributed by atoms with E-state index in [1.807, 2.05) is 17.5 Å². The summed E-state index contributed by atoms with van der Waals surface area (Å²) in [5.41, 5.74) is 1.23. The molecule has 118 valence electrons. The predicted molar refractivity (Wildman–Crippen MR) is 90.8 cm³/mol. The number of hydrogen-bond acceptors (Lipinski definition) is 5. The molecule has 0 spiro atoms. The Morgan fingerprint density at radius 3 is 2.61 bits per heavy atom. The fourth-order valence-electron chi connectivity index (χ4n) is 2.02. The highest BCUT2D eigenvalue weighted by Crippen LogP contribution is 2.25. The van der Waals surface area contributed by atoms with Crippen LogP contribution in [0, 0.1) is 0 Å². The number of rotatable bonds is 5. The second kappa shape index (κ2) is 6.76. The standard InChI is InChI=1S/C15H12ClN3O2S2/c16-11-4-1-2-6-14(11)23(20,21)19-10-12-15(18-8-7-17-12)13-5-3-9-22-13/h1-9,19H,10H2. The van der Waals surface area contributed by atoms with Gasteiger partial charge >= 0.3 is 0 Å². The Bertz CT molecular complexity index is 912. The van der Waals surface area contributed by atoms with Crippen LogP contribution in [0.25, 0.3) is 10.6 Å². The summed E-state index contributed by atoms with van der Waals surface area (Å²) in [5.74, 6) is 0. The molecule has 0 atom stereocenters. The van der Waals surface area contributed by atoms with Gasteiger partial charge in [0, 0.05) is 12.4 Å². The van der Waals surface area contributed by atoms with Gasteiger partial charge in [-0.15, -0.1) is 11.3 Å². The summed E-state index contributed by atoms with van der Waals surface area (Å²) < 4.78 is 27.3. The Kier molecular flexibility index (Phi) is 4.72. The monoisotopic (exact) mass is 365 g/mol. The highest BCUT2D eigenvalue weighted by molar-refractivity contribution is 7.89. The molecule has 1 N–H and O–H groups in total. The van der Waals surface area contributed by atoms with Gasteiger partial charge in [-0.1, -0.05) is 29.8 Å². The Hall–Kier alpha value is -1.80. The minimum absolute atomic E-state index is 0.0363. The largest absolute Gasteiger partial charge is 0.256 e. The highest BCUT2D eigenvalue weighted by Gasteiger charge is 2.18. The molecule has 5 nitrogen and oxygen atoms in total. The summed E-state index contributed by atoms with van der Waals surface area (Å²) in [6, 6.07) is 10.1. The van der Waals surface area contributed by atoms with E-state index in [1.54, 1.807) is 18.3 Å². The molecule has 2 heterocycles. The predicted octanol–water partition coefficient (Wildman–Crippen LogP) is 3.34. The van der Waals surface area contributed by atoms with E-state index in [0.717, 1.165) is 4.88 Å². The molecule has 0 radical (unpaired) electrons. The van der Waals surface area contributed by atoms with Gasteiger partial charge in [0.2, 0.25) is 10.0 Å². The smallest absolute Gasteiger partial charge is 0.242 e. The van der Waals surface area contributed by atoms with Gasteiger partial charge in [-0.2, -0.15) is 0 Å². The molecule has 0 aliphatic heterocycles. The van der Waals surface area contributed by atoms with E-state index in [-0.39, 0.29) is 16.5 Å². The molecule has 2 aromatic heterocycles. The minimum atomic E-state index is -3.72. The molecule has 0 saturated carbocycles. The molecule has 0 amide bonds. The summed E-state index contributed by atoms with van der Waals surface area (Å²) in [5, 5.41) is 2.11. The molecule has 3 aromatic rings. The van der Waals surface area contributed by atoms with Crippen molar-refractivity contribution >= 4 is 33.0 Å². The lowest BCUT2D eigenvalue weighted by Gasteiger charge is -2.09. The van der Waals surface area contributed by atoms with Crippen molar-refractivity contribution in [2.45, 2.75) is 11.4 Å². The molecule has 8 heteroatoms. The van der Waals surface area contributed by atoms with Crippen molar-refractivity contribution in [2.24, 2.45) is 0 Å². The van der Waals surface area contributed by atoms with Gasteiger partial charge in [-0.25, -0.2) is 13.1 Å². The van der Waals surface area contributed by atoms with Crippen LogP contribution in [0.5, 0.6) is 0 Å². The van der Waals surface area contributed by atoms with E-state index >= 15 is 0 Å². The zero-order valence-corrected chi connectivity index (χ0v) is 14.2. The van der Waals surface area contributed by atoms with Crippen LogP contribution in [0.2, 0.25) is 5.02 Å². The van der Waals surface area contributed by atoms with Gasteiger partial charge in [0.05, 0.1) is 22.1 Å². The SMILES string of the molecule is O=S(=O)(NCc1nccnc1-c1cccs1)c1ccccc1Cl. The van der Waals surface area contributed by atoms with Crippen LogP contribution < -0.4 is 4.72 Å². The van der Waals surface area contributed by atoms with Crippen molar-refractivity contribution in [1.29, 1.82) is 0 Å². The third-order valence-corrected chi connectivity index (χ3v) is 5.86. The number of halogens is 1. The minimum Gasteiger partial charge on any atom is -0.256 e. The van der Waals surface area contributed by atoms with Crippen LogP contribution in [0.4, 0.5) is 0 Å². The number of nitrogens with one attached hydrogen (secondary N) is 1. The Morgan fingerprint density at radius 2 is 1.87 bits per heavy atom. The Balaban J connectivity index is 1.86. The van der Waals surface area contributed by atoms with Crippen molar-refractivity contribution in [3.05, 3.63) is 64.9 Å². The molecule has 0 bridgehead atoms. The first-order valence-electron chi connectivity index (χ1n) is 6.66. The lowest BCUT2D eigenvalue weighted by molar-refractivity contribution is 0.580. The molecule has 0 unspecified atom stereocenters. The summed E-state index contributed by atoms with van der Waals surface area (Å²) in [4.78, 5) is 9.52. The van der Waals surface area contributed by atoms with E-state index in [2.05, 4.69) is 14.7 Å². The van der Waals surface area contributed by atoms with Crippen LogP contribution in [-0.4, -0.2) is 18.4 Å². The first-order valence-corrected chi connectivity index (χ1v) is 9.40. The van der Waals surface area contributed by atoms with Crippen molar-refractivity contribution in [3.63, 3.8) is 0 Å². The Labute approximate surface area is 143 Å². The summed E-state index contributed by atoms with van der Waals surface area (Å²) >= 11 is 7.48. The second-order valence-electron chi connectivity index (χ2n) is 4.58. The van der Waals surface area contributed by atoms with Crippen LogP contribution in [0.15, 0.2) is 59.1 Å². The number of hydrogen-bond donors (Lipinski definition) is 1. The van der Waals surface area contributed by atoms with Gasteiger partial charge in [0.25, 0.3) is 0 Å². The van der Waals surface area contributed by atoms with Crippen molar-refractivity contribution in [1.82, 2.24) is 14.7 Å². The van der Waals surface area contributed by atoms with E-state index in [0.29, 0.717) is 11.4 Å². The van der Waals surface area contributed by atoms with E-state index in [4.69, 9.17) is 11.6 Å². The number of aromatic nitrogens is 2. The van der Waals surface area contributed by atoms with Crippen LogP contribution >= 0.6 is 22.9 Å². The average molecular weight is 366 g/mol. The average Bonchev–Trinajstić information content (AvgIpc) is 3.08. The lowest BCUT2D eigenvalue weighted by Crippen LogP contribution is -2.24. The number of nitrogens with zero attached hydrogens (tertiary/aromatic N) is 2. The summed E-state index contributed by atoms with van der Waals surface area (Å²) in [7, 11) is -3.72. The summed E-state index contributed by atoms with van der Waals surface area (Å²) in [6.45, 7) is 0.0363. The molecular formula is C15H12ClN3O2S2. The number of thiophene rings is 1. The molecule has 23 heavy (non-hydrogen) atoms. The van der Waals surface area contributed by atoms with Gasteiger partial charge in [-0.05, 0) is 23.6 Å². The Morgan fingerprint density at radius 1 is 1.09 bits per heavy atom. The van der Waals surface area contributed by atoms with E-state index in [1.165, 1.54) is 29.7 Å². The van der Waals surface area contributed by atoms with Crippen molar-refractivity contribution in [3.8, 4) is 10.6 Å². The lowest BCUT2D eigenvalue weighted by atomic mass is 10.2. The van der Waals surface area contributed by atoms with Crippen LogP contribution in [0.3, 0.4) is 0 Å². The zero-order chi connectivity index (χ0) is 16.3. The molecular weight excluding hydrogens is 354 g/mol. The second-order valence-corrected chi connectivity index (χ2v) is 7.67. The maximum Gasteiger partial charge on any atom is 0.242 e. The van der Waals surface area contributed by atoms with Gasteiger partial charge in [0.15, 0.2) is 0 Å². The maximum absolute atomic E-state index is 12.4. The first kappa shape index (κ1) is 16.1. The summed E-state index contributed by atoms with van der Waals surface area (Å²) in [6.07, 6.45) is 3.12. The van der Waals surface area contributed by atoms with Gasteiger partial charge in [-0.3, -0.25) is 9.97 Å². The van der Waals surface area contributed by atoms with Crippen LogP contribution in [0.1, 0.15) is 5.69 Å². The fourth-order valence-corrected chi connectivity index (χ4v) is 4.27. The molecule has 0 aliphatic carbocycles. The highest BCUT2D eigenvalue weighted by atomic mass is 35.5. The number of sulfonamides is 1. The van der Waals surface area contributed by atoms with Gasteiger partial charge in [0.1, 0.15) is 10.6 Å². The van der Waals surface area contributed by atoms with Crippen LogP contribution in [-0.2, 0) is 16.6 Å². The zero-order valence-electron chi connectivity index (χ0n) is 11.8. The van der Waals surface area contributed by atoms with E-state index < -0.39 is 10.0 Å². The molecule has 0 aliphatic rings. The van der Waals surface area contributed by atoms with Gasteiger partial charge < -0.3 is 0 Å². The van der Waals surface area contributed by atoms with E-state index in [9.17, 15) is 8.42 Å². The normalized spacial score (nSPS) is 11.5. The van der Waals surface area contributed by atoms with Crippen molar-refractivity contribution in [2.75, 3.05) is 0 Å². The topological polar surface area (TPSA) is 72.0 Å². The first-order chi connectivity index (χ1) is 11.1. The molecule has 0 saturated heterocycles. The molecule has 3 rings (SSSR count).